The minimum absolute atomic E-state index is 0.0232. The molecule has 2 aromatic rings. The zero-order chi connectivity index (χ0) is 26.5. The summed E-state index contributed by atoms with van der Waals surface area (Å²) in [5, 5.41) is 13.0. The van der Waals surface area contributed by atoms with Crippen molar-refractivity contribution in [2.75, 3.05) is 11.9 Å². The van der Waals surface area contributed by atoms with E-state index >= 15 is 0 Å². The molecule has 1 fully saturated rings. The van der Waals surface area contributed by atoms with Gasteiger partial charge in [0.1, 0.15) is 15.7 Å². The van der Waals surface area contributed by atoms with E-state index in [0.29, 0.717) is 40.6 Å². The first-order valence-corrected chi connectivity index (χ1v) is 13.4. The lowest BCUT2D eigenvalue weighted by Crippen LogP contribution is -2.29. The molecule has 1 aliphatic rings. The molecule has 7 nitrogen and oxygen atoms in total. The molecular formula is C25H27FN2O5S3. The Labute approximate surface area is 222 Å². The molecule has 1 aromatic carbocycles. The van der Waals surface area contributed by atoms with Crippen LogP contribution in [0.3, 0.4) is 0 Å². The number of carboxylic acid groups (broad SMARTS) is 1. The standard InChI is InChI=1S/C25H27FN2O5S3/c1-25(2,3)33-23(32)27-19-9-8-15(12-18(19)26)16-11-17(35-14-16)13-20-22(31)28(24(34)36-20)10-6-4-5-7-21(29)30/h8-9,11-14H,4-7,10H2,1-3H3,(H,27,32)(H,29,30). The van der Waals surface area contributed by atoms with Crippen molar-refractivity contribution in [1.29, 1.82) is 0 Å². The summed E-state index contributed by atoms with van der Waals surface area (Å²) in [6, 6.07) is 6.38. The largest absolute Gasteiger partial charge is 0.481 e. The van der Waals surface area contributed by atoms with Gasteiger partial charge in [0.25, 0.3) is 5.91 Å². The lowest BCUT2D eigenvalue weighted by Gasteiger charge is -2.19. The molecule has 3 rings (SSSR count). The second-order valence-corrected chi connectivity index (χ2v) is 11.7. The summed E-state index contributed by atoms with van der Waals surface area (Å²) >= 11 is 8.01. The predicted octanol–water partition coefficient (Wildman–Crippen LogP) is 6.75. The highest BCUT2D eigenvalue weighted by atomic mass is 32.2. The van der Waals surface area contributed by atoms with Crippen molar-refractivity contribution in [3.8, 4) is 11.1 Å². The number of carbonyl (C=O) groups excluding carboxylic acids is 2. The second kappa shape index (κ2) is 12.0. The Morgan fingerprint density at radius 3 is 2.61 bits per heavy atom. The topological polar surface area (TPSA) is 95.9 Å². The summed E-state index contributed by atoms with van der Waals surface area (Å²) in [6.07, 6.45) is 3.11. The monoisotopic (exact) mass is 550 g/mol. The lowest BCUT2D eigenvalue weighted by atomic mass is 10.1. The van der Waals surface area contributed by atoms with Crippen molar-refractivity contribution in [2.24, 2.45) is 0 Å². The Balaban J connectivity index is 1.63. The molecule has 2 N–H and O–H groups in total. The van der Waals surface area contributed by atoms with Gasteiger partial charge in [-0.25, -0.2) is 9.18 Å². The number of ether oxygens (including phenoxy) is 1. The Kier molecular flexibility index (Phi) is 9.26. The highest BCUT2D eigenvalue weighted by molar-refractivity contribution is 8.26. The number of aliphatic carboxylic acids is 1. The van der Waals surface area contributed by atoms with E-state index in [9.17, 15) is 18.8 Å². The van der Waals surface area contributed by atoms with Gasteiger partial charge in [-0.15, -0.1) is 11.3 Å². The van der Waals surface area contributed by atoms with E-state index in [1.54, 1.807) is 37.8 Å². The molecule has 11 heteroatoms. The maximum Gasteiger partial charge on any atom is 0.412 e. The van der Waals surface area contributed by atoms with E-state index < -0.39 is 23.5 Å². The van der Waals surface area contributed by atoms with Gasteiger partial charge in [0.2, 0.25) is 0 Å². The maximum absolute atomic E-state index is 14.6. The molecule has 36 heavy (non-hydrogen) atoms. The van der Waals surface area contributed by atoms with E-state index in [4.69, 9.17) is 22.1 Å². The first-order valence-electron chi connectivity index (χ1n) is 11.3. The Hall–Kier alpha value is -2.76. The van der Waals surface area contributed by atoms with Gasteiger partial charge in [0, 0.05) is 17.8 Å². The zero-order valence-electron chi connectivity index (χ0n) is 20.1. The number of halogens is 1. The van der Waals surface area contributed by atoms with Crippen LogP contribution in [-0.4, -0.2) is 44.4 Å². The Morgan fingerprint density at radius 2 is 1.94 bits per heavy atom. The lowest BCUT2D eigenvalue weighted by molar-refractivity contribution is -0.137. The number of anilines is 1. The number of benzene rings is 1. The van der Waals surface area contributed by atoms with Gasteiger partial charge < -0.3 is 9.84 Å². The fraction of sp³-hybridized carbons (Fsp3) is 0.360. The quantitative estimate of drug-likeness (QED) is 0.203. The number of thioether (sulfide) groups is 1. The molecule has 0 saturated carbocycles. The molecule has 2 heterocycles. The molecule has 2 amide bonds. The second-order valence-electron chi connectivity index (χ2n) is 9.10. The first kappa shape index (κ1) is 27.8. The summed E-state index contributed by atoms with van der Waals surface area (Å²) in [6.45, 7) is 5.64. The third kappa shape index (κ3) is 7.87. The van der Waals surface area contributed by atoms with E-state index in [1.165, 1.54) is 35.2 Å². The number of thiophene rings is 1. The number of nitrogens with zero attached hydrogens (tertiary/aromatic N) is 1. The minimum Gasteiger partial charge on any atom is -0.481 e. The highest BCUT2D eigenvalue weighted by Gasteiger charge is 2.31. The molecule has 1 aliphatic heterocycles. The van der Waals surface area contributed by atoms with Crippen LogP contribution in [0.25, 0.3) is 17.2 Å². The van der Waals surface area contributed by atoms with Gasteiger partial charge in [-0.3, -0.25) is 19.8 Å². The minimum atomic E-state index is -0.824. The van der Waals surface area contributed by atoms with Crippen molar-refractivity contribution in [1.82, 2.24) is 4.90 Å². The summed E-state index contributed by atoms with van der Waals surface area (Å²) in [5.74, 6) is -1.58. The molecule has 192 valence electrons. The molecule has 0 aliphatic carbocycles. The van der Waals surface area contributed by atoms with Crippen LogP contribution in [0.2, 0.25) is 0 Å². The molecular weight excluding hydrogens is 523 g/mol. The van der Waals surface area contributed by atoms with Gasteiger partial charge in [0.15, 0.2) is 0 Å². The van der Waals surface area contributed by atoms with Crippen LogP contribution in [0.5, 0.6) is 0 Å². The Morgan fingerprint density at radius 1 is 1.19 bits per heavy atom. The van der Waals surface area contributed by atoms with Gasteiger partial charge in [-0.1, -0.05) is 36.5 Å². The number of hydrogen-bond acceptors (Lipinski definition) is 7. The molecule has 0 radical (unpaired) electrons. The first-order chi connectivity index (χ1) is 16.9. The number of thiocarbonyl (C=S) groups is 1. The average Bonchev–Trinajstić information content (AvgIpc) is 3.33. The molecule has 0 unspecified atom stereocenters. The number of carboxylic acids is 1. The van der Waals surface area contributed by atoms with Gasteiger partial charge in [-0.2, -0.15) is 0 Å². The summed E-state index contributed by atoms with van der Waals surface area (Å²) in [7, 11) is 0. The summed E-state index contributed by atoms with van der Waals surface area (Å²) < 4.78 is 20.3. The van der Waals surface area contributed by atoms with Crippen LogP contribution >= 0.6 is 35.3 Å². The van der Waals surface area contributed by atoms with Crippen molar-refractivity contribution in [3.63, 3.8) is 0 Å². The van der Waals surface area contributed by atoms with Crippen LogP contribution in [0.1, 0.15) is 51.3 Å². The molecule has 1 aromatic heterocycles. The number of rotatable bonds is 9. The molecule has 0 atom stereocenters. The number of unbranched alkanes of at least 4 members (excludes halogenated alkanes) is 2. The van der Waals surface area contributed by atoms with Crippen LogP contribution in [0.15, 0.2) is 34.6 Å². The number of hydrogen-bond donors (Lipinski definition) is 2. The van der Waals surface area contributed by atoms with E-state index in [1.807, 2.05) is 11.4 Å². The van der Waals surface area contributed by atoms with Gasteiger partial charge in [0.05, 0.1) is 10.6 Å². The van der Waals surface area contributed by atoms with Crippen molar-refractivity contribution in [3.05, 3.63) is 45.2 Å². The third-order valence-electron chi connectivity index (χ3n) is 4.98. The number of amides is 2. The number of nitrogens with one attached hydrogen (secondary N) is 1. The van der Waals surface area contributed by atoms with Gasteiger partial charge in [-0.05, 0) is 74.4 Å². The van der Waals surface area contributed by atoms with E-state index in [0.717, 1.165) is 10.4 Å². The SMILES string of the molecule is CC(C)(C)OC(=O)Nc1ccc(-c2csc(C=C3SC(=S)N(CCCCCC(=O)O)C3=O)c2)cc1F. The number of carbonyl (C=O) groups is 3. The zero-order valence-corrected chi connectivity index (χ0v) is 22.6. The van der Waals surface area contributed by atoms with Crippen LogP contribution in [0.4, 0.5) is 14.9 Å². The van der Waals surface area contributed by atoms with E-state index in [-0.39, 0.29) is 18.0 Å². The molecule has 0 spiro atoms. The smallest absolute Gasteiger partial charge is 0.412 e. The summed E-state index contributed by atoms with van der Waals surface area (Å²) in [5.41, 5.74) is 0.745. The van der Waals surface area contributed by atoms with E-state index in [2.05, 4.69) is 5.32 Å². The predicted molar refractivity (Wildman–Crippen MR) is 146 cm³/mol. The van der Waals surface area contributed by atoms with Crippen LogP contribution < -0.4 is 5.32 Å². The average molecular weight is 551 g/mol. The fourth-order valence-corrected chi connectivity index (χ4v) is 5.56. The van der Waals surface area contributed by atoms with Crippen molar-refractivity contribution < 1.29 is 28.6 Å². The third-order valence-corrected chi connectivity index (χ3v) is 7.23. The highest BCUT2D eigenvalue weighted by Crippen LogP contribution is 2.35. The maximum atomic E-state index is 14.6. The van der Waals surface area contributed by atoms with Crippen LogP contribution in [0, 0.1) is 5.82 Å². The van der Waals surface area contributed by atoms with Crippen molar-refractivity contribution >= 4 is 69.4 Å². The Bertz CT molecular complexity index is 1200. The molecule has 0 bridgehead atoms. The fourth-order valence-electron chi connectivity index (χ4n) is 3.33. The normalized spacial score (nSPS) is 15.0. The summed E-state index contributed by atoms with van der Waals surface area (Å²) in [4.78, 5) is 38.2. The van der Waals surface area contributed by atoms with Crippen molar-refractivity contribution in [2.45, 2.75) is 52.1 Å². The van der Waals surface area contributed by atoms with Crippen LogP contribution in [-0.2, 0) is 14.3 Å². The van der Waals surface area contributed by atoms with Gasteiger partial charge >= 0.3 is 12.1 Å². The molecule has 1 saturated heterocycles.